The maximum atomic E-state index is 10.9. The second-order valence-electron chi connectivity index (χ2n) is 21.1. The van der Waals surface area contributed by atoms with Crippen molar-refractivity contribution in [3.8, 4) is 0 Å². The number of unbranched alkanes of at least 4 members (excludes halogenated alkanes) is 4. The van der Waals surface area contributed by atoms with E-state index in [2.05, 4.69) is 157 Å². The zero-order valence-electron chi connectivity index (χ0n) is 49.0. The number of rotatable bonds is 32. The van der Waals surface area contributed by atoms with Crippen LogP contribution in [0.5, 0.6) is 0 Å². The van der Waals surface area contributed by atoms with Crippen molar-refractivity contribution < 1.29 is 33.4 Å². The number of aliphatic hydroxyl groups excluding tert-OH is 2. The Morgan fingerprint density at radius 3 is 1.16 bits per heavy atom. The van der Waals surface area contributed by atoms with E-state index in [1.807, 2.05) is 65.6 Å². The van der Waals surface area contributed by atoms with E-state index in [0.717, 1.165) is 68.4 Å². The molecule has 0 aliphatic carbocycles. The molecule has 12 heteroatoms. The molecule has 6 rings (SSSR count). The lowest BCUT2D eigenvalue weighted by molar-refractivity contribution is -0.929. The number of quaternary nitrogens is 1. The molecule has 0 radical (unpaired) electrons. The molecule has 79 heavy (non-hydrogen) atoms. The molecule has 8 nitrogen and oxygen atoms in total. The number of carbonyl (C=O) groups is 2. The summed E-state index contributed by atoms with van der Waals surface area (Å²) in [6.07, 6.45) is 22.0. The van der Waals surface area contributed by atoms with Crippen molar-refractivity contribution in [2.24, 2.45) is 0 Å². The number of halogens is 1. The summed E-state index contributed by atoms with van der Waals surface area (Å²) in [5, 5.41) is 20.7. The Morgan fingerprint density at radius 2 is 0.848 bits per heavy atom. The molecule has 430 valence electrons. The van der Waals surface area contributed by atoms with Crippen LogP contribution in [0.3, 0.4) is 0 Å². The van der Waals surface area contributed by atoms with Gasteiger partial charge in [0.15, 0.2) is 12.6 Å². The monoisotopic (exact) mass is 1130 g/mol. The lowest BCUT2D eigenvalue weighted by atomic mass is 10.1. The maximum Gasteiger partial charge on any atom is 0.261 e. The van der Waals surface area contributed by atoms with Gasteiger partial charge >= 0.3 is 0 Å². The first-order valence-electron chi connectivity index (χ1n) is 28.9. The molecule has 0 fully saturated rings. The Labute approximate surface area is 484 Å². The highest BCUT2D eigenvalue weighted by molar-refractivity contribution is 7.14. The van der Waals surface area contributed by atoms with Gasteiger partial charge in [-0.1, -0.05) is 178 Å². The van der Waals surface area contributed by atoms with Crippen molar-refractivity contribution in [2.75, 3.05) is 82.0 Å². The van der Waals surface area contributed by atoms with Crippen molar-refractivity contribution in [3.05, 3.63) is 164 Å². The van der Waals surface area contributed by atoms with E-state index in [9.17, 15) is 9.59 Å². The number of hydrogen-bond acceptors (Lipinski definition) is 9. The third-order valence-corrected chi connectivity index (χ3v) is 21.2. The first kappa shape index (κ1) is 68.0. The normalized spacial score (nSPS) is 11.6. The van der Waals surface area contributed by atoms with Crippen LogP contribution >= 0.6 is 22.7 Å². The number of anilines is 2. The van der Waals surface area contributed by atoms with Gasteiger partial charge in [-0.05, 0) is 119 Å². The van der Waals surface area contributed by atoms with Gasteiger partial charge in [0.05, 0.1) is 55.8 Å². The van der Waals surface area contributed by atoms with E-state index in [1.165, 1.54) is 121 Å². The largest absolute Gasteiger partial charge is 1.00 e. The standard InChI is InChI=1S/C34H39NO2SSi.C17H19NO3S.C16H36N.FH/c1-5-24-35(29-19-16-28(17-20-29)18-21-30-22-23-31(27-36)38-30)25-26-37-39(34(2,3)4,32-12-8-6-9-13-32)33-14-10-7-11-15-33;19-11-9-18(10-12-20)15-4-1-14(2-5-15)3-6-16-7-8-17(13-21)22-16;1-5-9-13-17(14-10-6-2,15-11-7-3)16-12-8-4;/h6-23,27H,5,24-26H2,1-4H3;1-8,13,19-20H,9-12H2;5-16H2,1-4H3;1H/q;;+1;/p-1/b21-18+;6-3+;;. The molecule has 6 aromatic rings. The highest BCUT2D eigenvalue weighted by Gasteiger charge is 2.50. The Kier molecular flexibility index (Phi) is 32.3. The zero-order chi connectivity index (χ0) is 56.5. The van der Waals surface area contributed by atoms with Gasteiger partial charge in [-0.2, -0.15) is 0 Å². The summed E-state index contributed by atoms with van der Waals surface area (Å²) < 4.78 is 8.57. The molecule has 2 N–H and O–H groups in total. The van der Waals surface area contributed by atoms with Crippen LogP contribution in [0.15, 0.2) is 133 Å². The van der Waals surface area contributed by atoms with Crippen LogP contribution < -0.4 is 24.9 Å². The molecule has 0 bridgehead atoms. The maximum absolute atomic E-state index is 10.9. The highest BCUT2D eigenvalue weighted by Crippen LogP contribution is 2.37. The first-order chi connectivity index (χ1) is 37.9. The minimum absolute atomic E-state index is 0. The van der Waals surface area contributed by atoms with E-state index in [0.29, 0.717) is 19.7 Å². The minimum atomic E-state index is -2.55. The SMILES string of the molecule is CCCC[N+](CCCC)(CCCC)CCCC.CCCN(CCO[Si](c1ccccc1)(c1ccccc1)C(C)(C)C)c1ccc(/C=C/c2ccc(C=O)s2)cc1.O=Cc1ccc(/C=C/c2ccc(N(CCO)CCO)cc2)s1.[F-]. The molecule has 0 spiro atoms. The summed E-state index contributed by atoms with van der Waals surface area (Å²) >= 11 is 2.96. The van der Waals surface area contributed by atoms with Crippen LogP contribution in [0, 0.1) is 0 Å². The van der Waals surface area contributed by atoms with Gasteiger partial charge in [-0.15, -0.1) is 22.7 Å². The van der Waals surface area contributed by atoms with E-state index in [1.54, 1.807) is 0 Å². The van der Waals surface area contributed by atoms with Crippen molar-refractivity contribution >= 4 is 89.6 Å². The fourth-order valence-electron chi connectivity index (χ4n) is 9.96. The second-order valence-corrected chi connectivity index (χ2v) is 27.7. The van der Waals surface area contributed by atoms with Gasteiger partial charge in [0, 0.05) is 47.3 Å². The quantitative estimate of drug-likeness (QED) is 0.0247. The number of aliphatic hydroxyl groups is 2. The summed E-state index contributed by atoms with van der Waals surface area (Å²) in [6.45, 7) is 27.8. The molecule has 2 aromatic heterocycles. The lowest BCUT2D eigenvalue weighted by Gasteiger charge is -2.43. The topological polar surface area (TPSA) is 90.3 Å². The fraction of sp³-hybridized carbons (Fsp3) is 0.433. The number of aldehydes is 2. The summed E-state index contributed by atoms with van der Waals surface area (Å²) in [7, 11) is -2.55. The Morgan fingerprint density at radius 1 is 0.481 bits per heavy atom. The summed E-state index contributed by atoms with van der Waals surface area (Å²) in [6, 6.07) is 45.9. The van der Waals surface area contributed by atoms with Crippen LogP contribution in [-0.2, 0) is 4.43 Å². The molecule has 0 aliphatic rings. The van der Waals surface area contributed by atoms with Crippen LogP contribution in [0.1, 0.15) is 153 Å². The molecule has 0 amide bonds. The molecule has 0 saturated carbocycles. The molecular formula is C67H94FN3O5S2Si. The average Bonchev–Trinajstić information content (AvgIpc) is 4.24. The van der Waals surface area contributed by atoms with Gasteiger partial charge < -0.3 is 33.6 Å². The molecular weight excluding hydrogens is 1040 g/mol. The van der Waals surface area contributed by atoms with Crippen LogP contribution in [0.25, 0.3) is 24.3 Å². The lowest BCUT2D eigenvalue weighted by Crippen LogP contribution is -3.00. The van der Waals surface area contributed by atoms with Crippen molar-refractivity contribution in [1.82, 2.24) is 0 Å². The number of carbonyl (C=O) groups excluding carboxylic acids is 2. The van der Waals surface area contributed by atoms with Gasteiger partial charge in [0.25, 0.3) is 8.32 Å². The van der Waals surface area contributed by atoms with Crippen molar-refractivity contribution in [1.29, 1.82) is 0 Å². The van der Waals surface area contributed by atoms with Crippen LogP contribution in [-0.4, -0.2) is 108 Å². The molecule has 0 unspecified atom stereocenters. The molecule has 2 heterocycles. The number of benzene rings is 4. The summed E-state index contributed by atoms with van der Waals surface area (Å²) in [5.41, 5.74) is 4.37. The zero-order valence-corrected chi connectivity index (χ0v) is 51.6. The number of nitrogens with zero attached hydrogens (tertiary/aromatic N) is 3. The predicted octanol–water partition coefficient (Wildman–Crippen LogP) is 12.1. The Bertz CT molecular complexity index is 2510. The summed E-state index contributed by atoms with van der Waals surface area (Å²) in [5.74, 6) is 0. The highest BCUT2D eigenvalue weighted by atomic mass is 32.1. The summed E-state index contributed by atoms with van der Waals surface area (Å²) in [4.78, 5) is 29.5. The average molecular weight is 1130 g/mol. The van der Waals surface area contributed by atoms with E-state index in [4.69, 9.17) is 14.6 Å². The van der Waals surface area contributed by atoms with E-state index >= 15 is 0 Å². The van der Waals surface area contributed by atoms with E-state index in [-0.39, 0.29) is 23.0 Å². The van der Waals surface area contributed by atoms with Gasteiger partial charge in [0.1, 0.15) is 0 Å². The second kappa shape index (κ2) is 37.6. The number of thiophene rings is 2. The fourth-order valence-corrected chi connectivity index (χ4v) is 16.0. The molecule has 0 saturated heterocycles. The Hall–Kier alpha value is -5.31. The van der Waals surface area contributed by atoms with Gasteiger partial charge in [0.2, 0.25) is 0 Å². The third kappa shape index (κ3) is 22.3. The van der Waals surface area contributed by atoms with Crippen molar-refractivity contribution in [2.45, 2.75) is 118 Å². The third-order valence-electron chi connectivity index (χ3n) is 14.2. The molecule has 4 aromatic carbocycles. The van der Waals surface area contributed by atoms with Crippen LogP contribution in [0.4, 0.5) is 11.4 Å². The molecule has 0 atom stereocenters. The van der Waals surface area contributed by atoms with E-state index < -0.39 is 8.32 Å². The smallest absolute Gasteiger partial charge is 0.261 e. The minimum Gasteiger partial charge on any atom is -1.00 e. The van der Waals surface area contributed by atoms with Gasteiger partial charge in [-0.3, -0.25) is 9.59 Å². The van der Waals surface area contributed by atoms with Crippen LogP contribution in [0.2, 0.25) is 5.04 Å². The molecule has 0 aliphatic heterocycles. The predicted molar refractivity (Wildman–Crippen MR) is 342 cm³/mol. The Balaban J connectivity index is 0.000000347. The van der Waals surface area contributed by atoms with Crippen molar-refractivity contribution in [3.63, 3.8) is 0 Å². The van der Waals surface area contributed by atoms with Gasteiger partial charge in [-0.25, -0.2) is 0 Å². The number of hydrogen-bond donors (Lipinski definition) is 2. The first-order valence-corrected chi connectivity index (χ1v) is 32.4.